The van der Waals surface area contributed by atoms with E-state index in [4.69, 9.17) is 0 Å². The van der Waals surface area contributed by atoms with Gasteiger partial charge < -0.3 is 10.2 Å². The topological polar surface area (TPSA) is 99.7 Å². The van der Waals surface area contributed by atoms with Crippen LogP contribution >= 0.6 is 27.3 Å². The van der Waals surface area contributed by atoms with Crippen molar-refractivity contribution in [3.05, 3.63) is 33.2 Å². The summed E-state index contributed by atoms with van der Waals surface area (Å²) in [5.74, 6) is -0.692. The summed E-state index contributed by atoms with van der Waals surface area (Å²) in [6, 6.07) is 3.39. The molecule has 1 unspecified atom stereocenters. The molecule has 0 spiro atoms. The molecule has 0 radical (unpaired) electrons. The molecule has 1 aromatic heterocycles. The normalized spacial score (nSPS) is 19.1. The molecular weight excluding hydrogens is 516 g/mol. The SMILES string of the molecule is CCC(=O)N1CCc2cc(Br)c(S(=O)(=O)N3CCCC(C(=O)Nc4nc(C)cs4)C3)cc21. The summed E-state index contributed by atoms with van der Waals surface area (Å²) in [5, 5.41) is 5.18. The third kappa shape index (κ3) is 4.48. The van der Waals surface area contributed by atoms with Crippen molar-refractivity contribution in [3.63, 3.8) is 0 Å². The Bertz CT molecular complexity index is 1160. The van der Waals surface area contributed by atoms with Crippen molar-refractivity contribution in [3.8, 4) is 0 Å². The number of piperidine rings is 1. The number of sulfonamides is 1. The molecule has 1 saturated heterocycles. The van der Waals surface area contributed by atoms with Crippen molar-refractivity contribution in [1.29, 1.82) is 0 Å². The number of nitrogens with zero attached hydrogens (tertiary/aromatic N) is 3. The number of carbonyl (C=O) groups is 2. The van der Waals surface area contributed by atoms with Crippen LogP contribution in [0, 0.1) is 12.8 Å². The second-order valence-corrected chi connectivity index (χ2v) is 11.7. The average molecular weight is 541 g/mol. The predicted octanol–water partition coefficient (Wildman–Crippen LogP) is 3.55. The molecule has 4 rings (SSSR count). The van der Waals surface area contributed by atoms with E-state index in [1.54, 1.807) is 24.0 Å². The molecule has 2 aliphatic heterocycles. The molecule has 8 nitrogen and oxygen atoms in total. The van der Waals surface area contributed by atoms with Crippen LogP contribution in [0.5, 0.6) is 0 Å². The zero-order chi connectivity index (χ0) is 23.0. The van der Waals surface area contributed by atoms with Crippen LogP contribution in [-0.2, 0) is 26.0 Å². The highest BCUT2D eigenvalue weighted by Crippen LogP contribution is 2.37. The Hall–Kier alpha value is -1.82. The van der Waals surface area contributed by atoms with Crippen LogP contribution in [0.4, 0.5) is 10.8 Å². The number of nitrogens with one attached hydrogen (secondary N) is 1. The van der Waals surface area contributed by atoms with Gasteiger partial charge in [0.25, 0.3) is 0 Å². The Morgan fingerprint density at radius 1 is 1.31 bits per heavy atom. The molecule has 2 aromatic rings. The third-order valence-corrected chi connectivity index (χ3v) is 9.55. The zero-order valence-corrected chi connectivity index (χ0v) is 21.1. The Labute approximate surface area is 200 Å². The fraction of sp³-hybridized carbons (Fsp3) is 0.476. The van der Waals surface area contributed by atoms with E-state index in [1.165, 1.54) is 15.6 Å². The van der Waals surface area contributed by atoms with Gasteiger partial charge in [0.1, 0.15) is 0 Å². The summed E-state index contributed by atoms with van der Waals surface area (Å²) < 4.78 is 28.9. The van der Waals surface area contributed by atoms with Gasteiger partial charge in [0.2, 0.25) is 21.8 Å². The minimum absolute atomic E-state index is 0.0263. The van der Waals surface area contributed by atoms with Crippen molar-refractivity contribution < 1.29 is 18.0 Å². The maximum atomic E-state index is 13.5. The molecule has 1 fully saturated rings. The van der Waals surface area contributed by atoms with E-state index < -0.39 is 15.9 Å². The average Bonchev–Trinajstić information content (AvgIpc) is 3.37. The number of rotatable bonds is 5. The summed E-state index contributed by atoms with van der Waals surface area (Å²) in [5.41, 5.74) is 2.44. The molecule has 0 aliphatic carbocycles. The van der Waals surface area contributed by atoms with Gasteiger partial charge in [-0.1, -0.05) is 6.92 Å². The molecule has 1 N–H and O–H groups in total. The molecule has 2 aliphatic rings. The Morgan fingerprint density at radius 3 is 2.78 bits per heavy atom. The first-order valence-electron chi connectivity index (χ1n) is 10.6. The number of aromatic nitrogens is 1. The molecule has 172 valence electrons. The van der Waals surface area contributed by atoms with Crippen LogP contribution < -0.4 is 10.2 Å². The molecule has 0 saturated carbocycles. The summed E-state index contributed by atoms with van der Waals surface area (Å²) >= 11 is 4.77. The number of fused-ring (bicyclic) bond motifs is 1. The minimum atomic E-state index is -3.85. The van der Waals surface area contributed by atoms with Crippen molar-refractivity contribution >= 4 is 59.9 Å². The second-order valence-electron chi connectivity index (χ2n) is 8.05. The number of hydrogen-bond acceptors (Lipinski definition) is 6. The van der Waals surface area contributed by atoms with Gasteiger partial charge in [0.05, 0.1) is 16.5 Å². The Balaban J connectivity index is 1.56. The van der Waals surface area contributed by atoms with Crippen molar-refractivity contribution in [1.82, 2.24) is 9.29 Å². The maximum absolute atomic E-state index is 13.5. The predicted molar refractivity (Wildman–Crippen MR) is 127 cm³/mol. The summed E-state index contributed by atoms with van der Waals surface area (Å²) in [4.78, 5) is 31.1. The second kappa shape index (κ2) is 9.20. The Kier molecular flexibility index (Phi) is 6.71. The van der Waals surface area contributed by atoms with Gasteiger partial charge in [0.15, 0.2) is 5.13 Å². The van der Waals surface area contributed by atoms with Crippen molar-refractivity contribution in [2.24, 2.45) is 5.92 Å². The highest BCUT2D eigenvalue weighted by atomic mass is 79.9. The van der Waals surface area contributed by atoms with Gasteiger partial charge in [0, 0.05) is 41.6 Å². The van der Waals surface area contributed by atoms with E-state index in [1.807, 2.05) is 12.3 Å². The summed E-state index contributed by atoms with van der Waals surface area (Å²) in [7, 11) is -3.85. The Morgan fingerprint density at radius 2 is 2.09 bits per heavy atom. The monoisotopic (exact) mass is 540 g/mol. The van der Waals surface area contributed by atoms with E-state index in [9.17, 15) is 18.0 Å². The fourth-order valence-corrected chi connectivity index (χ4v) is 7.45. The van der Waals surface area contributed by atoms with Gasteiger partial charge in [-0.3, -0.25) is 9.59 Å². The lowest BCUT2D eigenvalue weighted by atomic mass is 9.99. The fourth-order valence-electron chi connectivity index (χ4n) is 4.17. The first-order valence-corrected chi connectivity index (χ1v) is 13.7. The highest BCUT2D eigenvalue weighted by molar-refractivity contribution is 9.10. The largest absolute Gasteiger partial charge is 0.312 e. The molecular formula is C21H25BrN4O4S2. The number of aryl methyl sites for hydroxylation is 1. The summed E-state index contributed by atoms with van der Waals surface area (Å²) in [6.07, 6.45) is 2.27. The first-order chi connectivity index (χ1) is 15.2. The number of hydrogen-bond donors (Lipinski definition) is 1. The number of amides is 2. The van der Waals surface area contributed by atoms with E-state index in [-0.39, 0.29) is 23.3 Å². The lowest BCUT2D eigenvalue weighted by Crippen LogP contribution is -2.43. The van der Waals surface area contributed by atoms with Gasteiger partial charge in [-0.15, -0.1) is 11.3 Å². The zero-order valence-electron chi connectivity index (χ0n) is 17.9. The number of carbonyl (C=O) groups excluding carboxylic acids is 2. The third-order valence-electron chi connectivity index (χ3n) is 5.85. The van der Waals surface area contributed by atoms with Crippen LogP contribution in [0.3, 0.4) is 0 Å². The number of thiazole rings is 1. The van der Waals surface area contributed by atoms with Gasteiger partial charge in [-0.2, -0.15) is 4.31 Å². The maximum Gasteiger partial charge on any atom is 0.244 e. The molecule has 0 bridgehead atoms. The van der Waals surface area contributed by atoms with Gasteiger partial charge in [-0.25, -0.2) is 13.4 Å². The molecule has 32 heavy (non-hydrogen) atoms. The standard InChI is InChI=1S/C21H25BrN4O4S2/c1-3-19(27)26-8-6-14-9-16(22)18(10-17(14)26)32(29,30)25-7-4-5-15(11-25)20(28)24-21-23-13(2)12-31-21/h9-10,12,15H,3-8,11H2,1-2H3,(H,23,24,28). The van der Waals surface area contributed by atoms with E-state index in [0.717, 1.165) is 11.3 Å². The van der Waals surface area contributed by atoms with E-state index in [2.05, 4.69) is 26.2 Å². The van der Waals surface area contributed by atoms with Crippen molar-refractivity contribution in [2.75, 3.05) is 29.9 Å². The van der Waals surface area contributed by atoms with Crippen LogP contribution in [-0.4, -0.2) is 49.2 Å². The number of benzene rings is 1. The molecule has 11 heteroatoms. The minimum Gasteiger partial charge on any atom is -0.312 e. The van der Waals surface area contributed by atoms with E-state index in [0.29, 0.717) is 54.1 Å². The molecule has 3 heterocycles. The molecule has 1 atom stereocenters. The quantitative estimate of drug-likeness (QED) is 0.624. The number of anilines is 2. The summed E-state index contributed by atoms with van der Waals surface area (Å²) in [6.45, 7) is 4.66. The van der Waals surface area contributed by atoms with Crippen LogP contribution in [0.25, 0.3) is 0 Å². The van der Waals surface area contributed by atoms with Crippen LogP contribution in [0.15, 0.2) is 26.9 Å². The lowest BCUT2D eigenvalue weighted by Gasteiger charge is -2.31. The van der Waals surface area contributed by atoms with Gasteiger partial charge in [-0.05, 0) is 59.8 Å². The molecule has 2 amide bonds. The molecule has 1 aromatic carbocycles. The number of halogens is 1. The van der Waals surface area contributed by atoms with Crippen LogP contribution in [0.2, 0.25) is 0 Å². The smallest absolute Gasteiger partial charge is 0.244 e. The van der Waals surface area contributed by atoms with Crippen molar-refractivity contribution in [2.45, 2.75) is 44.4 Å². The highest BCUT2D eigenvalue weighted by Gasteiger charge is 2.36. The van der Waals surface area contributed by atoms with E-state index >= 15 is 0 Å². The first kappa shape index (κ1) is 23.3. The van der Waals surface area contributed by atoms with Gasteiger partial charge >= 0.3 is 0 Å². The lowest BCUT2D eigenvalue weighted by molar-refractivity contribution is -0.121. The van der Waals surface area contributed by atoms with Crippen LogP contribution in [0.1, 0.15) is 37.4 Å².